The van der Waals surface area contributed by atoms with Crippen molar-refractivity contribution in [3.8, 4) is 0 Å². The third-order valence-electron chi connectivity index (χ3n) is 6.16. The third-order valence-corrected chi connectivity index (χ3v) is 6.16. The van der Waals surface area contributed by atoms with Gasteiger partial charge in [0.15, 0.2) is 0 Å². The lowest BCUT2D eigenvalue weighted by atomic mass is 9.75. The first kappa shape index (κ1) is 15.7. The first-order valence-corrected chi connectivity index (χ1v) is 9.28. The van der Waals surface area contributed by atoms with E-state index in [2.05, 4.69) is 68.4 Å². The maximum Gasteiger partial charge on any atom is 0.0837 e. The highest BCUT2D eigenvalue weighted by atomic mass is 16.5. The Bertz CT molecular complexity index is 796. The SMILES string of the molecule is CCC1(CC)CCC(c2c3ccccc3cc3ccccc23)OC1. The van der Waals surface area contributed by atoms with E-state index in [-0.39, 0.29) is 6.10 Å². The predicted octanol–water partition coefficient (Wildman–Crippen LogP) is 6.65. The van der Waals surface area contributed by atoms with Crippen molar-refractivity contribution < 1.29 is 4.74 Å². The summed E-state index contributed by atoms with van der Waals surface area (Å²) in [5, 5.41) is 5.33. The fourth-order valence-corrected chi connectivity index (χ4v) is 4.30. The summed E-state index contributed by atoms with van der Waals surface area (Å²) in [6.07, 6.45) is 5.04. The Morgan fingerprint density at radius 1 is 0.917 bits per heavy atom. The van der Waals surface area contributed by atoms with E-state index >= 15 is 0 Å². The molecule has 0 N–H and O–H groups in total. The number of hydrogen-bond acceptors (Lipinski definition) is 1. The van der Waals surface area contributed by atoms with Crippen molar-refractivity contribution in [3.63, 3.8) is 0 Å². The minimum atomic E-state index is 0.215. The van der Waals surface area contributed by atoms with Gasteiger partial charge < -0.3 is 4.74 Å². The molecule has 0 saturated carbocycles. The summed E-state index contributed by atoms with van der Waals surface area (Å²) >= 11 is 0. The molecule has 0 bridgehead atoms. The van der Waals surface area contributed by atoms with Gasteiger partial charge in [-0.05, 0) is 64.3 Å². The van der Waals surface area contributed by atoms with E-state index in [0.29, 0.717) is 5.41 Å². The second kappa shape index (κ2) is 6.22. The summed E-state index contributed by atoms with van der Waals surface area (Å²) in [5.41, 5.74) is 1.78. The Kier molecular flexibility index (Phi) is 4.05. The summed E-state index contributed by atoms with van der Waals surface area (Å²) in [4.78, 5) is 0. The van der Waals surface area contributed by atoms with Gasteiger partial charge in [-0.25, -0.2) is 0 Å². The smallest absolute Gasteiger partial charge is 0.0837 e. The Morgan fingerprint density at radius 2 is 1.50 bits per heavy atom. The maximum atomic E-state index is 6.48. The molecule has 124 valence electrons. The second-order valence-corrected chi connectivity index (χ2v) is 7.28. The number of ether oxygens (including phenoxy) is 1. The molecule has 1 unspecified atom stereocenters. The van der Waals surface area contributed by atoms with Crippen molar-refractivity contribution >= 4 is 21.5 Å². The molecule has 4 rings (SSSR count). The molecule has 0 spiro atoms. The highest BCUT2D eigenvalue weighted by molar-refractivity contribution is 6.02. The molecule has 0 amide bonds. The van der Waals surface area contributed by atoms with E-state index in [9.17, 15) is 0 Å². The van der Waals surface area contributed by atoms with Crippen LogP contribution in [0.1, 0.15) is 51.2 Å². The van der Waals surface area contributed by atoms with Gasteiger partial charge >= 0.3 is 0 Å². The summed E-state index contributed by atoms with van der Waals surface area (Å²) in [6, 6.07) is 19.8. The summed E-state index contributed by atoms with van der Waals surface area (Å²) in [6.45, 7) is 5.50. The van der Waals surface area contributed by atoms with Crippen LogP contribution < -0.4 is 0 Å². The van der Waals surface area contributed by atoms with Gasteiger partial charge in [0, 0.05) is 0 Å². The molecule has 1 aliphatic heterocycles. The largest absolute Gasteiger partial charge is 0.373 e. The minimum absolute atomic E-state index is 0.215. The molecule has 1 fully saturated rings. The first-order valence-electron chi connectivity index (χ1n) is 9.28. The van der Waals surface area contributed by atoms with Crippen LogP contribution in [0.15, 0.2) is 54.6 Å². The van der Waals surface area contributed by atoms with Crippen LogP contribution in [0.5, 0.6) is 0 Å². The molecule has 3 aromatic carbocycles. The van der Waals surface area contributed by atoms with Crippen LogP contribution in [-0.2, 0) is 4.74 Å². The van der Waals surface area contributed by atoms with Crippen LogP contribution in [0.25, 0.3) is 21.5 Å². The normalized spacial score (nSPS) is 20.5. The van der Waals surface area contributed by atoms with Gasteiger partial charge in [-0.2, -0.15) is 0 Å². The minimum Gasteiger partial charge on any atom is -0.373 e. The van der Waals surface area contributed by atoms with Gasteiger partial charge in [0.25, 0.3) is 0 Å². The monoisotopic (exact) mass is 318 g/mol. The van der Waals surface area contributed by atoms with Crippen molar-refractivity contribution in [1.29, 1.82) is 0 Å². The van der Waals surface area contributed by atoms with Crippen molar-refractivity contribution in [2.45, 2.75) is 45.6 Å². The molecule has 1 saturated heterocycles. The van der Waals surface area contributed by atoms with Crippen molar-refractivity contribution in [1.82, 2.24) is 0 Å². The third kappa shape index (κ3) is 2.52. The number of fused-ring (bicyclic) bond motifs is 2. The zero-order chi connectivity index (χ0) is 16.6. The molecule has 1 nitrogen and oxygen atoms in total. The number of benzene rings is 3. The standard InChI is InChI=1S/C23H26O/c1-3-23(4-2)14-13-21(24-16-23)22-19-11-7-5-9-17(19)15-18-10-6-8-12-20(18)22/h5-12,15,21H,3-4,13-14,16H2,1-2H3. The Hall–Kier alpha value is -1.86. The van der Waals surface area contributed by atoms with Gasteiger partial charge in [-0.3, -0.25) is 0 Å². The Morgan fingerprint density at radius 3 is 2.00 bits per heavy atom. The fourth-order valence-electron chi connectivity index (χ4n) is 4.30. The number of hydrogen-bond donors (Lipinski definition) is 0. The molecule has 3 aromatic rings. The average Bonchev–Trinajstić information content (AvgIpc) is 2.66. The van der Waals surface area contributed by atoms with Crippen LogP contribution >= 0.6 is 0 Å². The molecular weight excluding hydrogens is 292 g/mol. The zero-order valence-electron chi connectivity index (χ0n) is 14.7. The first-order chi connectivity index (χ1) is 11.8. The molecule has 1 heterocycles. The highest BCUT2D eigenvalue weighted by Crippen LogP contribution is 2.45. The molecule has 0 aliphatic carbocycles. The fraction of sp³-hybridized carbons (Fsp3) is 0.391. The molecule has 1 atom stereocenters. The molecule has 24 heavy (non-hydrogen) atoms. The molecule has 0 radical (unpaired) electrons. The van der Waals surface area contributed by atoms with E-state index in [1.165, 1.54) is 46.4 Å². The van der Waals surface area contributed by atoms with Crippen LogP contribution in [-0.4, -0.2) is 6.61 Å². The van der Waals surface area contributed by atoms with Gasteiger partial charge in [-0.1, -0.05) is 62.4 Å². The molecule has 0 aromatic heterocycles. The van der Waals surface area contributed by atoms with E-state index < -0.39 is 0 Å². The van der Waals surface area contributed by atoms with Crippen LogP contribution in [0.3, 0.4) is 0 Å². The molecule has 1 heteroatoms. The Labute approximate surface area is 144 Å². The quantitative estimate of drug-likeness (QED) is 0.491. The van der Waals surface area contributed by atoms with E-state index in [1.54, 1.807) is 0 Å². The van der Waals surface area contributed by atoms with Crippen molar-refractivity contribution in [3.05, 3.63) is 60.2 Å². The molecule has 1 aliphatic rings. The van der Waals surface area contributed by atoms with Gasteiger partial charge in [0.05, 0.1) is 12.7 Å². The summed E-state index contributed by atoms with van der Waals surface area (Å²) in [5.74, 6) is 0. The van der Waals surface area contributed by atoms with Gasteiger partial charge in [0.2, 0.25) is 0 Å². The maximum absolute atomic E-state index is 6.48. The van der Waals surface area contributed by atoms with Crippen molar-refractivity contribution in [2.75, 3.05) is 6.61 Å². The van der Waals surface area contributed by atoms with Crippen LogP contribution in [0.4, 0.5) is 0 Å². The van der Waals surface area contributed by atoms with Gasteiger partial charge in [0.1, 0.15) is 0 Å². The van der Waals surface area contributed by atoms with E-state index in [1.807, 2.05) is 0 Å². The molecular formula is C23H26O. The summed E-state index contributed by atoms with van der Waals surface area (Å²) < 4.78 is 6.48. The van der Waals surface area contributed by atoms with Crippen LogP contribution in [0, 0.1) is 5.41 Å². The van der Waals surface area contributed by atoms with Crippen molar-refractivity contribution in [2.24, 2.45) is 5.41 Å². The van der Waals surface area contributed by atoms with Gasteiger partial charge in [-0.15, -0.1) is 0 Å². The highest BCUT2D eigenvalue weighted by Gasteiger charge is 2.34. The predicted molar refractivity (Wildman–Crippen MR) is 102 cm³/mol. The van der Waals surface area contributed by atoms with Crippen LogP contribution in [0.2, 0.25) is 0 Å². The van der Waals surface area contributed by atoms with E-state index in [4.69, 9.17) is 4.74 Å². The summed E-state index contributed by atoms with van der Waals surface area (Å²) in [7, 11) is 0. The lowest BCUT2D eigenvalue weighted by molar-refractivity contribution is -0.0668. The zero-order valence-corrected chi connectivity index (χ0v) is 14.7. The number of rotatable bonds is 3. The average molecular weight is 318 g/mol. The lowest BCUT2D eigenvalue weighted by Gasteiger charge is -2.39. The second-order valence-electron chi connectivity index (χ2n) is 7.28. The Balaban J connectivity index is 1.83. The topological polar surface area (TPSA) is 9.23 Å². The van der Waals surface area contributed by atoms with E-state index in [0.717, 1.165) is 13.0 Å². The lowest BCUT2D eigenvalue weighted by Crippen LogP contribution is -2.32.